The lowest BCUT2D eigenvalue weighted by molar-refractivity contribution is -0.116. The van der Waals surface area contributed by atoms with E-state index in [-0.39, 0.29) is 12.5 Å². The number of hydrogen-bond acceptors (Lipinski definition) is 3. The number of nitrogens with zero attached hydrogens (tertiary/aromatic N) is 4. The maximum atomic E-state index is 12.0. The molecule has 1 N–H and O–H groups in total. The molecule has 0 saturated carbocycles. The van der Waals surface area contributed by atoms with Crippen LogP contribution in [-0.2, 0) is 17.9 Å². The highest BCUT2D eigenvalue weighted by molar-refractivity contribution is 6.33. The van der Waals surface area contributed by atoms with Crippen LogP contribution >= 0.6 is 11.6 Å². The quantitative estimate of drug-likeness (QED) is 0.782. The lowest BCUT2D eigenvalue weighted by Crippen LogP contribution is -2.19. The van der Waals surface area contributed by atoms with Gasteiger partial charge in [0.1, 0.15) is 11.6 Å². The molecule has 2 aromatic heterocycles. The predicted octanol–water partition coefficient (Wildman–Crippen LogP) is 2.73. The topological polar surface area (TPSA) is 64.7 Å². The van der Waals surface area contributed by atoms with Crippen LogP contribution < -0.4 is 5.32 Å². The Labute approximate surface area is 138 Å². The van der Waals surface area contributed by atoms with E-state index in [1.807, 2.05) is 43.3 Å². The van der Waals surface area contributed by atoms with Gasteiger partial charge in [-0.25, -0.2) is 0 Å². The van der Waals surface area contributed by atoms with Crippen LogP contribution in [0.4, 0.5) is 5.82 Å². The summed E-state index contributed by atoms with van der Waals surface area (Å²) in [5.74, 6) is 0.136. The molecule has 0 atom stereocenters. The summed E-state index contributed by atoms with van der Waals surface area (Å²) >= 11 is 6.14. The number of amides is 1. The fourth-order valence-electron chi connectivity index (χ4n) is 2.20. The van der Waals surface area contributed by atoms with Gasteiger partial charge in [0.25, 0.3) is 0 Å². The van der Waals surface area contributed by atoms with Gasteiger partial charge in [-0.2, -0.15) is 10.2 Å². The monoisotopic (exact) mass is 329 g/mol. The van der Waals surface area contributed by atoms with E-state index in [1.165, 1.54) is 0 Å². The summed E-state index contributed by atoms with van der Waals surface area (Å²) in [5, 5.41) is 11.6. The van der Waals surface area contributed by atoms with Crippen molar-refractivity contribution in [1.29, 1.82) is 0 Å². The average molecular weight is 330 g/mol. The number of rotatable bonds is 5. The van der Waals surface area contributed by atoms with Crippen molar-refractivity contribution in [3.8, 4) is 0 Å². The third kappa shape index (κ3) is 3.98. The van der Waals surface area contributed by atoms with Crippen LogP contribution in [0.1, 0.15) is 11.3 Å². The van der Waals surface area contributed by atoms with Crippen LogP contribution in [-0.4, -0.2) is 25.5 Å². The Bertz CT molecular complexity index is 809. The second-order valence-electron chi connectivity index (χ2n) is 5.21. The molecule has 0 fully saturated rings. The molecule has 0 aliphatic heterocycles. The number of anilines is 1. The zero-order valence-corrected chi connectivity index (χ0v) is 13.4. The summed E-state index contributed by atoms with van der Waals surface area (Å²) in [7, 11) is 0. The van der Waals surface area contributed by atoms with Crippen LogP contribution in [0.15, 0.2) is 48.8 Å². The number of carbonyl (C=O) groups excluding carboxylic acids is 1. The van der Waals surface area contributed by atoms with E-state index in [2.05, 4.69) is 15.5 Å². The second kappa shape index (κ2) is 6.66. The fraction of sp³-hybridized carbons (Fsp3) is 0.188. The van der Waals surface area contributed by atoms with Gasteiger partial charge in [0.2, 0.25) is 5.91 Å². The number of halogens is 1. The maximum Gasteiger partial charge on any atom is 0.247 e. The Balaban J connectivity index is 1.65. The van der Waals surface area contributed by atoms with Gasteiger partial charge < -0.3 is 5.32 Å². The van der Waals surface area contributed by atoms with Crippen LogP contribution in [0.3, 0.4) is 0 Å². The number of carbonyl (C=O) groups is 1. The van der Waals surface area contributed by atoms with Crippen molar-refractivity contribution in [3.63, 3.8) is 0 Å². The molecule has 0 unspecified atom stereocenters. The minimum Gasteiger partial charge on any atom is -0.306 e. The summed E-state index contributed by atoms with van der Waals surface area (Å²) < 4.78 is 3.27. The molecule has 3 rings (SSSR count). The summed E-state index contributed by atoms with van der Waals surface area (Å²) in [4.78, 5) is 12.0. The highest BCUT2D eigenvalue weighted by Gasteiger charge is 2.11. The van der Waals surface area contributed by atoms with E-state index >= 15 is 0 Å². The molecule has 3 aromatic rings. The van der Waals surface area contributed by atoms with Crippen molar-refractivity contribution < 1.29 is 4.79 Å². The summed E-state index contributed by atoms with van der Waals surface area (Å²) in [6.45, 7) is 2.58. The van der Waals surface area contributed by atoms with Crippen LogP contribution in [0.5, 0.6) is 0 Å². The summed E-state index contributed by atoms with van der Waals surface area (Å²) in [6, 6.07) is 11.8. The Kier molecular flexibility index (Phi) is 4.43. The average Bonchev–Trinajstić information content (AvgIpc) is 3.06. The molecule has 1 amide bonds. The van der Waals surface area contributed by atoms with E-state index in [4.69, 9.17) is 11.6 Å². The van der Waals surface area contributed by atoms with E-state index in [9.17, 15) is 4.79 Å². The third-order valence-corrected chi connectivity index (χ3v) is 3.52. The smallest absolute Gasteiger partial charge is 0.247 e. The highest BCUT2D eigenvalue weighted by atomic mass is 35.5. The zero-order valence-electron chi connectivity index (χ0n) is 12.6. The minimum atomic E-state index is -0.222. The number of nitrogens with one attached hydrogen (secondary N) is 1. The molecule has 0 radical (unpaired) electrons. The summed E-state index contributed by atoms with van der Waals surface area (Å²) in [5.41, 5.74) is 1.97. The molecule has 0 aliphatic carbocycles. The van der Waals surface area contributed by atoms with Crippen LogP contribution in [0.25, 0.3) is 0 Å². The van der Waals surface area contributed by atoms with E-state index in [0.29, 0.717) is 17.4 Å². The zero-order chi connectivity index (χ0) is 16.2. The molecule has 2 heterocycles. The standard InChI is InChI=1S/C16H16ClN5O/c1-12-7-8-21(19-12)11-15(23)18-16-14(17)10-22(20-16)9-13-5-3-2-4-6-13/h2-8,10H,9,11H2,1H3,(H,18,20,23). The minimum absolute atomic E-state index is 0.121. The second-order valence-corrected chi connectivity index (χ2v) is 5.62. The Morgan fingerprint density at radius 3 is 2.65 bits per heavy atom. The van der Waals surface area contributed by atoms with Crippen molar-refractivity contribution in [2.75, 3.05) is 5.32 Å². The molecule has 0 saturated heterocycles. The lowest BCUT2D eigenvalue weighted by Gasteiger charge is -2.03. The first-order chi connectivity index (χ1) is 11.1. The van der Waals surface area contributed by atoms with Gasteiger partial charge in [-0.15, -0.1) is 0 Å². The molecule has 1 aromatic carbocycles. The van der Waals surface area contributed by atoms with Crippen molar-refractivity contribution in [2.45, 2.75) is 20.0 Å². The third-order valence-electron chi connectivity index (χ3n) is 3.24. The maximum absolute atomic E-state index is 12.0. The van der Waals surface area contributed by atoms with E-state index < -0.39 is 0 Å². The SMILES string of the molecule is Cc1ccn(CC(=O)Nc2nn(Cc3ccccc3)cc2Cl)n1. The molecule has 0 aliphatic rings. The summed E-state index contributed by atoms with van der Waals surface area (Å²) in [6.07, 6.45) is 3.45. The predicted molar refractivity (Wildman–Crippen MR) is 88.4 cm³/mol. The van der Waals surface area contributed by atoms with Crippen LogP contribution in [0, 0.1) is 6.92 Å². The van der Waals surface area contributed by atoms with Gasteiger partial charge in [0.15, 0.2) is 5.82 Å². The molecular weight excluding hydrogens is 314 g/mol. The number of benzene rings is 1. The number of aromatic nitrogens is 4. The normalized spacial score (nSPS) is 10.7. The lowest BCUT2D eigenvalue weighted by atomic mass is 10.2. The van der Waals surface area contributed by atoms with Gasteiger partial charge >= 0.3 is 0 Å². The molecule has 0 bridgehead atoms. The molecule has 23 heavy (non-hydrogen) atoms. The molecule has 6 nitrogen and oxygen atoms in total. The first-order valence-electron chi connectivity index (χ1n) is 7.17. The van der Waals surface area contributed by atoms with Gasteiger partial charge in [-0.1, -0.05) is 41.9 Å². The molecular formula is C16H16ClN5O. The largest absolute Gasteiger partial charge is 0.306 e. The van der Waals surface area contributed by atoms with Gasteiger partial charge in [0.05, 0.1) is 12.2 Å². The number of hydrogen-bond donors (Lipinski definition) is 1. The van der Waals surface area contributed by atoms with E-state index in [1.54, 1.807) is 21.8 Å². The molecule has 118 valence electrons. The van der Waals surface area contributed by atoms with Crippen molar-refractivity contribution in [1.82, 2.24) is 19.6 Å². The highest BCUT2D eigenvalue weighted by Crippen LogP contribution is 2.20. The molecule has 0 spiro atoms. The fourth-order valence-corrected chi connectivity index (χ4v) is 2.40. The van der Waals surface area contributed by atoms with Gasteiger partial charge in [0, 0.05) is 12.4 Å². The Morgan fingerprint density at radius 1 is 1.17 bits per heavy atom. The van der Waals surface area contributed by atoms with E-state index in [0.717, 1.165) is 11.3 Å². The first-order valence-corrected chi connectivity index (χ1v) is 7.55. The molecule has 7 heteroatoms. The van der Waals surface area contributed by atoms with Gasteiger partial charge in [-0.3, -0.25) is 14.2 Å². The Morgan fingerprint density at radius 2 is 1.96 bits per heavy atom. The van der Waals surface area contributed by atoms with Crippen molar-refractivity contribution in [2.24, 2.45) is 0 Å². The first kappa shape index (κ1) is 15.3. The van der Waals surface area contributed by atoms with Crippen LogP contribution in [0.2, 0.25) is 5.02 Å². The van der Waals surface area contributed by atoms with Crippen molar-refractivity contribution in [3.05, 3.63) is 65.1 Å². The van der Waals surface area contributed by atoms with Crippen molar-refractivity contribution >= 4 is 23.3 Å². The van der Waals surface area contributed by atoms with Gasteiger partial charge in [-0.05, 0) is 18.6 Å². The number of aryl methyl sites for hydroxylation is 1. The Hall–Kier alpha value is -2.60.